The summed E-state index contributed by atoms with van der Waals surface area (Å²) in [5, 5.41) is 0. The fraction of sp³-hybridized carbons (Fsp3) is 0.647. The van der Waals surface area contributed by atoms with Crippen molar-refractivity contribution in [3.05, 3.63) is 34.9 Å². The lowest BCUT2D eigenvalue weighted by molar-refractivity contribution is 0.0766. The molecule has 0 radical (unpaired) electrons. The van der Waals surface area contributed by atoms with Gasteiger partial charge in [0.1, 0.15) is 0 Å². The standard InChI is InChI=1S/C17H24O/c1-11(2)13-5-6-14-9-18-10-17(15(14)7-13)8-16(17)12(3)4/h5-7,11-12,16H,8-10H2,1-4H3. The molecular formula is C17H24O. The third-order valence-electron chi connectivity index (χ3n) is 4.89. The van der Waals surface area contributed by atoms with Gasteiger partial charge in [-0.05, 0) is 40.9 Å². The van der Waals surface area contributed by atoms with Crippen LogP contribution in [-0.4, -0.2) is 6.61 Å². The van der Waals surface area contributed by atoms with Gasteiger partial charge in [0.25, 0.3) is 0 Å². The second-order valence-electron chi connectivity index (χ2n) is 6.77. The number of ether oxygens (including phenoxy) is 1. The van der Waals surface area contributed by atoms with Crippen molar-refractivity contribution >= 4 is 0 Å². The van der Waals surface area contributed by atoms with Crippen LogP contribution in [0.4, 0.5) is 0 Å². The first kappa shape index (κ1) is 12.2. The van der Waals surface area contributed by atoms with Crippen molar-refractivity contribution < 1.29 is 4.74 Å². The largest absolute Gasteiger partial charge is 0.376 e. The zero-order valence-corrected chi connectivity index (χ0v) is 12.0. The van der Waals surface area contributed by atoms with Crippen molar-refractivity contribution in [1.29, 1.82) is 0 Å². The van der Waals surface area contributed by atoms with Crippen LogP contribution in [0.5, 0.6) is 0 Å². The molecule has 1 heteroatoms. The van der Waals surface area contributed by atoms with Crippen LogP contribution in [0.3, 0.4) is 0 Å². The summed E-state index contributed by atoms with van der Waals surface area (Å²) in [6.07, 6.45) is 1.32. The van der Waals surface area contributed by atoms with Crippen molar-refractivity contribution in [2.45, 2.75) is 52.1 Å². The fourth-order valence-corrected chi connectivity index (χ4v) is 3.65. The van der Waals surface area contributed by atoms with Crippen LogP contribution in [0.25, 0.3) is 0 Å². The molecule has 0 amide bonds. The first-order valence-corrected chi connectivity index (χ1v) is 7.25. The number of benzene rings is 1. The van der Waals surface area contributed by atoms with E-state index in [1.54, 1.807) is 5.56 Å². The predicted octanol–water partition coefficient (Wildman–Crippen LogP) is 4.25. The van der Waals surface area contributed by atoms with Crippen molar-refractivity contribution in [2.24, 2.45) is 11.8 Å². The number of rotatable bonds is 2. The molecule has 1 aromatic rings. The molecule has 3 rings (SSSR count). The molecule has 1 nitrogen and oxygen atoms in total. The van der Waals surface area contributed by atoms with E-state index in [2.05, 4.69) is 45.9 Å². The second kappa shape index (κ2) is 4.09. The molecule has 0 aromatic heterocycles. The molecule has 98 valence electrons. The molecule has 0 bridgehead atoms. The summed E-state index contributed by atoms with van der Waals surface area (Å²) >= 11 is 0. The summed E-state index contributed by atoms with van der Waals surface area (Å²) in [6, 6.07) is 7.03. The Balaban J connectivity index is 2.02. The molecule has 0 N–H and O–H groups in total. The van der Waals surface area contributed by atoms with Gasteiger partial charge in [0, 0.05) is 5.41 Å². The Labute approximate surface area is 111 Å². The van der Waals surface area contributed by atoms with Gasteiger partial charge in [-0.25, -0.2) is 0 Å². The highest BCUT2D eigenvalue weighted by molar-refractivity contribution is 5.45. The molecule has 1 aliphatic carbocycles. The van der Waals surface area contributed by atoms with Crippen LogP contribution in [0, 0.1) is 11.8 Å². The molecule has 2 atom stereocenters. The Morgan fingerprint density at radius 3 is 2.61 bits per heavy atom. The van der Waals surface area contributed by atoms with Gasteiger partial charge >= 0.3 is 0 Å². The first-order valence-electron chi connectivity index (χ1n) is 7.25. The predicted molar refractivity (Wildman–Crippen MR) is 74.8 cm³/mol. The maximum absolute atomic E-state index is 5.85. The van der Waals surface area contributed by atoms with Gasteiger partial charge in [0.05, 0.1) is 13.2 Å². The van der Waals surface area contributed by atoms with Gasteiger partial charge in [0.2, 0.25) is 0 Å². The molecule has 0 saturated heterocycles. The Morgan fingerprint density at radius 1 is 1.22 bits per heavy atom. The van der Waals surface area contributed by atoms with Crippen LogP contribution in [0.1, 0.15) is 56.7 Å². The van der Waals surface area contributed by atoms with Crippen LogP contribution >= 0.6 is 0 Å². The van der Waals surface area contributed by atoms with Crippen LogP contribution in [-0.2, 0) is 16.8 Å². The van der Waals surface area contributed by atoms with E-state index in [0.717, 1.165) is 25.0 Å². The molecule has 2 unspecified atom stereocenters. The average Bonchev–Trinajstić information content (AvgIpc) is 3.05. The lowest BCUT2D eigenvalue weighted by Crippen LogP contribution is -2.26. The normalized spacial score (nSPS) is 30.0. The summed E-state index contributed by atoms with van der Waals surface area (Å²) in [7, 11) is 0. The van der Waals surface area contributed by atoms with E-state index in [0.29, 0.717) is 11.3 Å². The zero-order valence-electron chi connectivity index (χ0n) is 12.0. The summed E-state index contributed by atoms with van der Waals surface area (Å²) in [5.74, 6) is 2.20. The van der Waals surface area contributed by atoms with Crippen molar-refractivity contribution in [1.82, 2.24) is 0 Å². The van der Waals surface area contributed by atoms with E-state index in [1.807, 2.05) is 0 Å². The summed E-state index contributed by atoms with van der Waals surface area (Å²) in [5.41, 5.74) is 4.85. The molecule has 1 spiro atoms. The molecule has 18 heavy (non-hydrogen) atoms. The smallest absolute Gasteiger partial charge is 0.0720 e. The van der Waals surface area contributed by atoms with Gasteiger partial charge in [-0.15, -0.1) is 0 Å². The van der Waals surface area contributed by atoms with Crippen LogP contribution < -0.4 is 0 Å². The average molecular weight is 244 g/mol. The van der Waals surface area contributed by atoms with E-state index in [9.17, 15) is 0 Å². The highest BCUT2D eigenvalue weighted by atomic mass is 16.5. The minimum atomic E-state index is 0.354. The maximum atomic E-state index is 5.85. The molecule has 1 heterocycles. The third-order valence-corrected chi connectivity index (χ3v) is 4.89. The summed E-state index contributed by atoms with van der Waals surface area (Å²) in [6.45, 7) is 11.0. The minimum absolute atomic E-state index is 0.354. The molecular weight excluding hydrogens is 220 g/mol. The summed E-state index contributed by atoms with van der Waals surface area (Å²) < 4.78 is 5.85. The van der Waals surface area contributed by atoms with Crippen molar-refractivity contribution in [3.63, 3.8) is 0 Å². The minimum Gasteiger partial charge on any atom is -0.376 e. The Morgan fingerprint density at radius 2 is 2.00 bits per heavy atom. The van der Waals surface area contributed by atoms with E-state index in [4.69, 9.17) is 4.74 Å². The Hall–Kier alpha value is -0.820. The van der Waals surface area contributed by atoms with Crippen molar-refractivity contribution in [2.75, 3.05) is 6.61 Å². The van der Waals surface area contributed by atoms with E-state index >= 15 is 0 Å². The third kappa shape index (κ3) is 1.72. The topological polar surface area (TPSA) is 9.23 Å². The van der Waals surface area contributed by atoms with Gasteiger partial charge in [-0.1, -0.05) is 45.9 Å². The number of hydrogen-bond acceptors (Lipinski definition) is 1. The quantitative estimate of drug-likeness (QED) is 0.755. The first-order chi connectivity index (χ1) is 8.54. The Kier molecular flexibility index (Phi) is 2.78. The molecule has 1 aliphatic heterocycles. The van der Waals surface area contributed by atoms with Gasteiger partial charge in [-0.2, -0.15) is 0 Å². The van der Waals surface area contributed by atoms with Gasteiger partial charge < -0.3 is 4.74 Å². The lowest BCUT2D eigenvalue weighted by atomic mass is 9.83. The molecule has 1 aromatic carbocycles. The van der Waals surface area contributed by atoms with Gasteiger partial charge in [0.15, 0.2) is 0 Å². The highest BCUT2D eigenvalue weighted by Crippen LogP contribution is 2.60. The zero-order chi connectivity index (χ0) is 12.9. The second-order valence-corrected chi connectivity index (χ2v) is 6.77. The van der Waals surface area contributed by atoms with Crippen LogP contribution in [0.15, 0.2) is 18.2 Å². The van der Waals surface area contributed by atoms with E-state index in [-0.39, 0.29) is 0 Å². The van der Waals surface area contributed by atoms with E-state index < -0.39 is 0 Å². The monoisotopic (exact) mass is 244 g/mol. The fourth-order valence-electron chi connectivity index (χ4n) is 3.65. The molecule has 2 aliphatic rings. The number of fused-ring (bicyclic) bond motifs is 2. The Bertz CT molecular complexity index is 461. The number of hydrogen-bond donors (Lipinski definition) is 0. The van der Waals surface area contributed by atoms with Crippen molar-refractivity contribution in [3.8, 4) is 0 Å². The maximum Gasteiger partial charge on any atom is 0.0720 e. The lowest BCUT2D eigenvalue weighted by Gasteiger charge is -2.29. The summed E-state index contributed by atoms with van der Waals surface area (Å²) in [4.78, 5) is 0. The molecule has 1 saturated carbocycles. The highest BCUT2D eigenvalue weighted by Gasteiger charge is 2.58. The van der Waals surface area contributed by atoms with Crippen LogP contribution in [0.2, 0.25) is 0 Å². The van der Waals surface area contributed by atoms with Gasteiger partial charge in [-0.3, -0.25) is 0 Å². The van der Waals surface area contributed by atoms with E-state index in [1.165, 1.54) is 17.5 Å². The molecule has 1 fully saturated rings. The SMILES string of the molecule is CC(C)c1ccc2c(c1)C1(COC2)CC1C(C)C.